The van der Waals surface area contributed by atoms with Gasteiger partial charge in [-0.3, -0.25) is 14.8 Å². The van der Waals surface area contributed by atoms with Crippen molar-refractivity contribution in [1.82, 2.24) is 20.2 Å². The van der Waals surface area contributed by atoms with Gasteiger partial charge >= 0.3 is 0 Å². The van der Waals surface area contributed by atoms with Crippen LogP contribution in [0.4, 0.5) is 18.9 Å². The summed E-state index contributed by atoms with van der Waals surface area (Å²) in [5, 5.41) is 18.6. The van der Waals surface area contributed by atoms with Crippen molar-refractivity contribution in [1.29, 1.82) is 0 Å². The molecule has 0 aliphatic carbocycles. The average molecular weight is 544 g/mol. The number of piperidine rings is 1. The SMILES string of the molecule is C[C@@H](Nc1ccnc2cnc(C3(O)CCN(C(=O)C[C@H]4CNCCO4)CC3)cc12)c1cccc(C(F)F)c1F. The molecule has 39 heavy (non-hydrogen) atoms. The summed E-state index contributed by atoms with van der Waals surface area (Å²) in [4.78, 5) is 23.4. The fourth-order valence-corrected chi connectivity index (χ4v) is 5.27. The monoisotopic (exact) mass is 543 g/mol. The van der Waals surface area contributed by atoms with Crippen molar-refractivity contribution >= 4 is 22.5 Å². The van der Waals surface area contributed by atoms with E-state index in [1.54, 1.807) is 36.4 Å². The molecule has 1 amide bonds. The van der Waals surface area contributed by atoms with Gasteiger partial charge < -0.3 is 25.4 Å². The number of hydrogen-bond acceptors (Lipinski definition) is 7. The average Bonchev–Trinajstić information content (AvgIpc) is 2.94. The molecule has 8 nitrogen and oxygen atoms in total. The molecule has 0 unspecified atom stereocenters. The number of nitrogens with zero attached hydrogens (tertiary/aromatic N) is 3. The summed E-state index contributed by atoms with van der Waals surface area (Å²) >= 11 is 0. The number of hydrogen-bond donors (Lipinski definition) is 3. The molecule has 2 fully saturated rings. The second kappa shape index (κ2) is 11.4. The Balaban J connectivity index is 1.32. The summed E-state index contributed by atoms with van der Waals surface area (Å²) in [6.45, 7) is 4.50. The topological polar surface area (TPSA) is 99.6 Å². The number of rotatable bonds is 7. The number of nitrogens with one attached hydrogen (secondary N) is 2. The van der Waals surface area contributed by atoms with Gasteiger partial charge in [0.2, 0.25) is 5.91 Å². The highest BCUT2D eigenvalue weighted by Crippen LogP contribution is 2.35. The Labute approximate surface area is 224 Å². The van der Waals surface area contributed by atoms with Crippen molar-refractivity contribution in [2.45, 2.75) is 50.4 Å². The van der Waals surface area contributed by atoms with E-state index in [2.05, 4.69) is 20.6 Å². The van der Waals surface area contributed by atoms with Gasteiger partial charge in [0.15, 0.2) is 0 Å². The van der Waals surface area contributed by atoms with Gasteiger partial charge in [-0.05, 0) is 31.9 Å². The Kier molecular flexibility index (Phi) is 8.01. The quantitative estimate of drug-likeness (QED) is 0.413. The fraction of sp³-hybridized carbons (Fsp3) is 0.464. The van der Waals surface area contributed by atoms with E-state index in [1.807, 2.05) is 0 Å². The summed E-state index contributed by atoms with van der Waals surface area (Å²) in [6, 6.07) is 6.82. The molecule has 0 bridgehead atoms. The number of pyridine rings is 2. The molecule has 2 atom stereocenters. The summed E-state index contributed by atoms with van der Waals surface area (Å²) in [7, 11) is 0. The number of likely N-dealkylation sites (tertiary alicyclic amines) is 1. The van der Waals surface area contributed by atoms with Crippen LogP contribution in [0.2, 0.25) is 0 Å². The molecule has 2 aliphatic rings. The Morgan fingerprint density at radius 3 is 2.74 bits per heavy atom. The highest BCUT2D eigenvalue weighted by Gasteiger charge is 2.37. The van der Waals surface area contributed by atoms with Crippen molar-refractivity contribution in [3.8, 4) is 0 Å². The molecule has 1 aromatic carbocycles. The molecule has 2 aromatic heterocycles. The molecular weight excluding hydrogens is 511 g/mol. The van der Waals surface area contributed by atoms with Gasteiger partial charge in [-0.2, -0.15) is 0 Å². The third-order valence-corrected chi connectivity index (χ3v) is 7.59. The molecule has 4 heterocycles. The van der Waals surface area contributed by atoms with E-state index in [0.29, 0.717) is 67.8 Å². The molecular formula is C28H32F3N5O3. The molecule has 0 spiro atoms. The van der Waals surface area contributed by atoms with Crippen molar-refractivity contribution in [2.24, 2.45) is 0 Å². The van der Waals surface area contributed by atoms with Crippen molar-refractivity contribution < 1.29 is 27.8 Å². The minimum Gasteiger partial charge on any atom is -0.383 e. The first kappa shape index (κ1) is 27.3. The lowest BCUT2D eigenvalue weighted by molar-refractivity contribution is -0.139. The zero-order chi connectivity index (χ0) is 27.6. The third kappa shape index (κ3) is 5.85. The zero-order valence-electron chi connectivity index (χ0n) is 21.7. The summed E-state index contributed by atoms with van der Waals surface area (Å²) in [6.07, 6.45) is 1.06. The Bertz CT molecular complexity index is 1330. The largest absolute Gasteiger partial charge is 0.383 e. The van der Waals surface area contributed by atoms with Gasteiger partial charge in [0.05, 0.1) is 48.1 Å². The number of benzene rings is 1. The minimum absolute atomic E-state index is 0.00466. The molecule has 2 aliphatic heterocycles. The fourth-order valence-electron chi connectivity index (χ4n) is 5.27. The normalized spacial score (nSPS) is 20.3. The Morgan fingerprint density at radius 2 is 2.03 bits per heavy atom. The van der Waals surface area contributed by atoms with Crippen LogP contribution in [0.3, 0.4) is 0 Å². The van der Waals surface area contributed by atoms with Crippen LogP contribution >= 0.6 is 0 Å². The third-order valence-electron chi connectivity index (χ3n) is 7.59. The number of amides is 1. The van der Waals surface area contributed by atoms with Crippen molar-refractivity contribution in [2.75, 3.05) is 38.1 Å². The number of carbonyl (C=O) groups excluding carboxylic acids is 1. The van der Waals surface area contributed by atoms with Gasteiger partial charge in [0.25, 0.3) is 6.43 Å². The number of aliphatic hydroxyl groups is 1. The van der Waals surface area contributed by atoms with Crippen LogP contribution in [0.1, 0.15) is 55.5 Å². The maximum Gasteiger partial charge on any atom is 0.266 e. The minimum atomic E-state index is -2.91. The van der Waals surface area contributed by atoms with E-state index in [9.17, 15) is 23.1 Å². The van der Waals surface area contributed by atoms with Crippen LogP contribution < -0.4 is 10.6 Å². The van der Waals surface area contributed by atoms with Gasteiger partial charge in [-0.15, -0.1) is 0 Å². The van der Waals surface area contributed by atoms with Crippen LogP contribution in [0.15, 0.2) is 42.7 Å². The molecule has 2 saturated heterocycles. The number of aromatic nitrogens is 2. The van der Waals surface area contributed by atoms with Crippen molar-refractivity contribution in [3.05, 3.63) is 65.4 Å². The second-order valence-corrected chi connectivity index (χ2v) is 10.2. The van der Waals surface area contributed by atoms with Gasteiger partial charge in [-0.25, -0.2) is 13.2 Å². The van der Waals surface area contributed by atoms with Gasteiger partial charge in [-0.1, -0.05) is 18.2 Å². The molecule has 11 heteroatoms. The van der Waals surface area contributed by atoms with Gasteiger partial charge in [0, 0.05) is 49.0 Å². The first-order chi connectivity index (χ1) is 18.7. The lowest BCUT2D eigenvalue weighted by Crippen LogP contribution is -2.47. The van der Waals surface area contributed by atoms with E-state index in [0.717, 1.165) is 12.6 Å². The molecule has 0 saturated carbocycles. The first-order valence-corrected chi connectivity index (χ1v) is 13.2. The van der Waals surface area contributed by atoms with E-state index >= 15 is 0 Å². The second-order valence-electron chi connectivity index (χ2n) is 10.2. The Hall–Kier alpha value is -3.28. The maximum absolute atomic E-state index is 14.8. The number of alkyl halides is 2. The van der Waals surface area contributed by atoms with Crippen LogP contribution in [-0.4, -0.2) is 64.8 Å². The Morgan fingerprint density at radius 1 is 1.26 bits per heavy atom. The summed E-state index contributed by atoms with van der Waals surface area (Å²) < 4.78 is 46.8. The number of ether oxygens (including phenoxy) is 1. The lowest BCUT2D eigenvalue weighted by Gasteiger charge is -2.38. The lowest BCUT2D eigenvalue weighted by atomic mass is 9.87. The molecule has 0 radical (unpaired) electrons. The zero-order valence-corrected chi connectivity index (χ0v) is 21.7. The van der Waals surface area contributed by atoms with Gasteiger partial charge in [0.1, 0.15) is 11.4 Å². The highest BCUT2D eigenvalue weighted by atomic mass is 19.3. The van der Waals surface area contributed by atoms with Crippen LogP contribution in [-0.2, 0) is 15.1 Å². The van der Waals surface area contributed by atoms with E-state index < -0.39 is 29.4 Å². The van der Waals surface area contributed by atoms with E-state index in [4.69, 9.17) is 4.74 Å². The smallest absolute Gasteiger partial charge is 0.266 e. The van der Waals surface area contributed by atoms with E-state index in [1.165, 1.54) is 12.1 Å². The standard InChI is InChI=1S/C28H32F3N5O3/c1-17(19-3-2-4-20(26(19)29)27(30)31)35-22-5-8-33-23-16-34-24(14-21(22)23)28(38)6-10-36(11-7-28)25(37)13-18-15-32-9-12-39-18/h2-5,8,14,16-18,27,32,38H,6-7,9-13,15H2,1H3,(H,33,35)/t17-,18+/m1/s1. The van der Waals surface area contributed by atoms with Crippen LogP contribution in [0, 0.1) is 5.82 Å². The first-order valence-electron chi connectivity index (χ1n) is 13.2. The van der Waals surface area contributed by atoms with Crippen molar-refractivity contribution in [3.63, 3.8) is 0 Å². The van der Waals surface area contributed by atoms with E-state index in [-0.39, 0.29) is 17.6 Å². The molecule has 3 aromatic rings. The number of carbonyl (C=O) groups is 1. The van der Waals surface area contributed by atoms with Crippen LogP contribution in [0.5, 0.6) is 0 Å². The van der Waals surface area contributed by atoms with Crippen LogP contribution in [0.25, 0.3) is 10.9 Å². The number of anilines is 1. The number of fused-ring (bicyclic) bond motifs is 1. The number of halogens is 3. The summed E-state index contributed by atoms with van der Waals surface area (Å²) in [5.41, 5.74) is -0.120. The molecule has 3 N–H and O–H groups in total. The predicted octanol–water partition coefficient (Wildman–Crippen LogP) is 4.07. The summed E-state index contributed by atoms with van der Waals surface area (Å²) in [5.74, 6) is -0.930. The highest BCUT2D eigenvalue weighted by molar-refractivity contribution is 5.91. The number of morpholine rings is 1. The molecule has 5 rings (SSSR count). The molecule has 208 valence electrons. The maximum atomic E-state index is 14.8. The predicted molar refractivity (Wildman–Crippen MR) is 140 cm³/mol.